The van der Waals surface area contributed by atoms with E-state index in [1.165, 1.54) is 11.3 Å². The van der Waals surface area contributed by atoms with Crippen LogP contribution >= 0.6 is 11.3 Å². The van der Waals surface area contributed by atoms with Crippen molar-refractivity contribution >= 4 is 17.2 Å². The molecular weight excluding hydrogens is 250 g/mol. The van der Waals surface area contributed by atoms with Gasteiger partial charge in [-0.2, -0.15) is 0 Å². The molecule has 0 radical (unpaired) electrons. The number of hydrogen-bond donors (Lipinski definition) is 1. The Bertz CT molecular complexity index is 500. The van der Waals surface area contributed by atoms with Gasteiger partial charge in [0.15, 0.2) is 0 Å². The van der Waals surface area contributed by atoms with E-state index in [1.54, 1.807) is 9.47 Å². The molecule has 1 atom stereocenters. The third kappa shape index (κ3) is 2.49. The van der Waals surface area contributed by atoms with Crippen molar-refractivity contribution in [2.24, 2.45) is 0 Å². The molecule has 0 saturated carbocycles. The number of hydrogen-bond acceptors (Lipinski definition) is 4. The number of carbonyl (C=O) groups is 1. The summed E-state index contributed by atoms with van der Waals surface area (Å²) in [4.78, 5) is 26.6. The molecular formula is C12H19N3O2S. The molecule has 1 aromatic rings. The van der Waals surface area contributed by atoms with Crippen LogP contribution in [0.25, 0.3) is 0 Å². The molecule has 1 fully saturated rings. The van der Waals surface area contributed by atoms with E-state index in [0.717, 1.165) is 30.1 Å². The molecule has 1 amide bonds. The van der Waals surface area contributed by atoms with Crippen molar-refractivity contribution in [3.63, 3.8) is 0 Å². The van der Waals surface area contributed by atoms with Gasteiger partial charge in [0, 0.05) is 30.2 Å². The molecule has 0 aliphatic carbocycles. The van der Waals surface area contributed by atoms with Gasteiger partial charge < -0.3 is 10.2 Å². The zero-order valence-electron chi connectivity index (χ0n) is 11.0. The van der Waals surface area contributed by atoms with Gasteiger partial charge in [-0.1, -0.05) is 11.3 Å². The highest BCUT2D eigenvalue weighted by Gasteiger charge is 2.24. The topological polar surface area (TPSA) is 54.3 Å². The fourth-order valence-electron chi connectivity index (χ4n) is 2.19. The van der Waals surface area contributed by atoms with Gasteiger partial charge in [0.2, 0.25) is 5.91 Å². The van der Waals surface area contributed by atoms with Gasteiger partial charge in [-0.05, 0) is 26.8 Å². The van der Waals surface area contributed by atoms with Gasteiger partial charge in [0.25, 0.3) is 0 Å². The first-order valence-electron chi connectivity index (χ1n) is 6.14. The molecule has 1 aliphatic heterocycles. The number of thiazole rings is 1. The summed E-state index contributed by atoms with van der Waals surface area (Å²) in [6.07, 6.45) is 0.985. The summed E-state index contributed by atoms with van der Waals surface area (Å²) in [5, 5.41) is 3.24. The van der Waals surface area contributed by atoms with Crippen LogP contribution in [0, 0.1) is 13.8 Å². The van der Waals surface area contributed by atoms with Gasteiger partial charge in [0.1, 0.15) is 6.54 Å². The molecule has 1 aromatic heterocycles. The number of carbonyl (C=O) groups excluding carboxylic acids is 1. The lowest BCUT2D eigenvalue weighted by molar-refractivity contribution is -0.132. The molecule has 1 aliphatic rings. The number of amides is 1. The number of aryl methyl sites for hydroxylation is 1. The lowest BCUT2D eigenvalue weighted by Crippen LogP contribution is -2.41. The van der Waals surface area contributed by atoms with Crippen LogP contribution in [0.4, 0.5) is 0 Å². The highest BCUT2D eigenvalue weighted by molar-refractivity contribution is 7.09. The number of rotatable bonds is 3. The normalized spacial score (nSPS) is 19.2. The fourth-order valence-corrected chi connectivity index (χ4v) is 3.02. The molecule has 1 N–H and O–H groups in total. The summed E-state index contributed by atoms with van der Waals surface area (Å²) in [6, 6.07) is 0.258. The minimum Gasteiger partial charge on any atom is -0.340 e. The number of nitrogens with zero attached hydrogens (tertiary/aromatic N) is 2. The van der Waals surface area contributed by atoms with Crippen molar-refractivity contribution in [1.82, 2.24) is 14.8 Å². The van der Waals surface area contributed by atoms with Crippen LogP contribution in [-0.4, -0.2) is 41.6 Å². The van der Waals surface area contributed by atoms with Crippen LogP contribution in [0.15, 0.2) is 4.79 Å². The van der Waals surface area contributed by atoms with Gasteiger partial charge in [-0.3, -0.25) is 14.2 Å². The van der Waals surface area contributed by atoms with Gasteiger partial charge in [0.05, 0.1) is 0 Å². The minimum absolute atomic E-state index is 0.00620. The molecule has 2 rings (SSSR count). The molecule has 2 heterocycles. The predicted octanol–water partition coefficient (Wildman–Crippen LogP) is 0.347. The first-order chi connectivity index (χ1) is 8.50. The summed E-state index contributed by atoms with van der Waals surface area (Å²) >= 11 is 1.21. The van der Waals surface area contributed by atoms with Crippen molar-refractivity contribution in [2.75, 3.05) is 20.1 Å². The van der Waals surface area contributed by atoms with Crippen LogP contribution in [0.5, 0.6) is 0 Å². The smallest absolute Gasteiger partial charge is 0.308 e. The Morgan fingerprint density at radius 2 is 2.28 bits per heavy atom. The molecule has 100 valence electrons. The average molecular weight is 269 g/mol. The monoisotopic (exact) mass is 269 g/mol. The maximum atomic E-state index is 12.2. The van der Waals surface area contributed by atoms with Crippen LogP contribution in [-0.2, 0) is 11.3 Å². The Hall–Kier alpha value is -1.14. The summed E-state index contributed by atoms with van der Waals surface area (Å²) in [6.45, 7) is 5.75. The summed E-state index contributed by atoms with van der Waals surface area (Å²) in [5.41, 5.74) is 0.899. The largest absolute Gasteiger partial charge is 0.340 e. The van der Waals surface area contributed by atoms with Gasteiger partial charge >= 0.3 is 4.87 Å². The van der Waals surface area contributed by atoms with Crippen LogP contribution in [0.1, 0.15) is 17.0 Å². The SMILES string of the molecule is Cc1sc(=O)n(CC(=O)N(C)C2CCNC2)c1C. The van der Waals surface area contributed by atoms with Crippen LogP contribution < -0.4 is 10.2 Å². The van der Waals surface area contributed by atoms with E-state index in [2.05, 4.69) is 5.32 Å². The Morgan fingerprint density at radius 3 is 2.78 bits per heavy atom. The zero-order chi connectivity index (χ0) is 13.3. The Morgan fingerprint density at radius 1 is 1.56 bits per heavy atom. The summed E-state index contributed by atoms with van der Waals surface area (Å²) < 4.78 is 1.57. The van der Waals surface area contributed by atoms with Crippen molar-refractivity contribution < 1.29 is 4.79 Å². The van der Waals surface area contributed by atoms with Crippen molar-refractivity contribution in [3.05, 3.63) is 20.2 Å². The lowest BCUT2D eigenvalue weighted by atomic mass is 10.2. The molecule has 1 unspecified atom stereocenters. The second-order valence-corrected chi connectivity index (χ2v) is 5.91. The number of nitrogens with one attached hydrogen (secondary N) is 1. The van der Waals surface area contributed by atoms with E-state index in [-0.39, 0.29) is 23.4 Å². The van der Waals surface area contributed by atoms with E-state index < -0.39 is 0 Å². The van der Waals surface area contributed by atoms with Crippen molar-refractivity contribution in [1.29, 1.82) is 0 Å². The standard InChI is InChI=1S/C12H19N3O2S/c1-8-9(2)18-12(17)15(8)7-11(16)14(3)10-4-5-13-6-10/h10,13H,4-7H2,1-3H3. The van der Waals surface area contributed by atoms with E-state index in [0.29, 0.717) is 0 Å². The molecule has 0 bridgehead atoms. The second kappa shape index (κ2) is 5.24. The zero-order valence-corrected chi connectivity index (χ0v) is 11.8. The summed E-state index contributed by atoms with van der Waals surface area (Å²) in [5.74, 6) is 0.00620. The quantitative estimate of drug-likeness (QED) is 0.861. The Balaban J connectivity index is 2.08. The fraction of sp³-hybridized carbons (Fsp3) is 0.667. The van der Waals surface area contributed by atoms with E-state index in [4.69, 9.17) is 0 Å². The molecule has 6 heteroatoms. The van der Waals surface area contributed by atoms with Crippen molar-refractivity contribution in [2.45, 2.75) is 32.9 Å². The Labute approximate surface area is 110 Å². The molecule has 18 heavy (non-hydrogen) atoms. The van der Waals surface area contributed by atoms with E-state index >= 15 is 0 Å². The maximum absolute atomic E-state index is 12.2. The molecule has 5 nitrogen and oxygen atoms in total. The Kier molecular flexibility index (Phi) is 3.87. The number of aromatic nitrogens is 1. The first kappa shape index (κ1) is 13.3. The third-order valence-corrected chi connectivity index (χ3v) is 4.64. The first-order valence-corrected chi connectivity index (χ1v) is 6.95. The van der Waals surface area contributed by atoms with Crippen molar-refractivity contribution in [3.8, 4) is 0 Å². The predicted molar refractivity (Wildman–Crippen MR) is 72.1 cm³/mol. The molecule has 0 aromatic carbocycles. The minimum atomic E-state index is -0.0451. The maximum Gasteiger partial charge on any atom is 0.308 e. The van der Waals surface area contributed by atoms with E-state index in [9.17, 15) is 9.59 Å². The second-order valence-electron chi connectivity index (χ2n) is 4.75. The highest BCUT2D eigenvalue weighted by atomic mass is 32.1. The highest BCUT2D eigenvalue weighted by Crippen LogP contribution is 2.11. The van der Waals surface area contributed by atoms with E-state index in [1.807, 2.05) is 20.9 Å². The van der Waals surface area contributed by atoms with Crippen LogP contribution in [0.3, 0.4) is 0 Å². The summed E-state index contributed by atoms with van der Waals surface area (Å²) in [7, 11) is 1.82. The molecule has 0 spiro atoms. The number of likely N-dealkylation sites (N-methyl/N-ethyl adjacent to an activating group) is 1. The van der Waals surface area contributed by atoms with Gasteiger partial charge in [-0.15, -0.1) is 0 Å². The third-order valence-electron chi connectivity index (χ3n) is 3.64. The lowest BCUT2D eigenvalue weighted by Gasteiger charge is -2.24. The average Bonchev–Trinajstić information content (AvgIpc) is 2.93. The van der Waals surface area contributed by atoms with Crippen LogP contribution in [0.2, 0.25) is 0 Å². The molecule has 1 saturated heterocycles. The van der Waals surface area contributed by atoms with Gasteiger partial charge in [-0.25, -0.2) is 0 Å².